The first-order valence-electron chi connectivity index (χ1n) is 3.96. The number of aliphatic imine (C=N–C) groups is 1. The number of nitrogens with two attached hydrogens (primary N) is 2. The number of rotatable bonds is 5. The van der Waals surface area contributed by atoms with Gasteiger partial charge in [-0.1, -0.05) is 6.92 Å². The minimum absolute atomic E-state index is 0.102. The smallest absolute Gasteiger partial charge is 0.332 e. The first-order valence-corrected chi connectivity index (χ1v) is 3.96. The number of amides is 3. The lowest BCUT2D eigenvalue weighted by Gasteiger charge is -1.96. The summed E-state index contributed by atoms with van der Waals surface area (Å²) in [7, 11) is 0. The predicted molar refractivity (Wildman–Crippen MR) is 53.0 cm³/mol. The molecular formula is C7H13N5O2. The lowest BCUT2D eigenvalue weighted by Crippen LogP contribution is -2.26. The van der Waals surface area contributed by atoms with Crippen LogP contribution in [-0.4, -0.2) is 30.4 Å². The summed E-state index contributed by atoms with van der Waals surface area (Å²) in [6, 6.07) is -0.751. The maximum absolute atomic E-state index is 10.3. The number of hydrazone groups is 1. The van der Waals surface area contributed by atoms with Gasteiger partial charge in [0.15, 0.2) is 0 Å². The van der Waals surface area contributed by atoms with Gasteiger partial charge in [0.1, 0.15) is 6.54 Å². The molecule has 0 aromatic rings. The Morgan fingerprint density at radius 2 is 2.07 bits per heavy atom. The van der Waals surface area contributed by atoms with E-state index < -0.39 is 11.9 Å². The Morgan fingerprint density at radius 3 is 2.50 bits per heavy atom. The Morgan fingerprint density at radius 1 is 1.43 bits per heavy atom. The van der Waals surface area contributed by atoms with Crippen molar-refractivity contribution in [2.75, 3.05) is 6.54 Å². The van der Waals surface area contributed by atoms with E-state index in [1.54, 1.807) is 0 Å². The third-order valence-corrected chi connectivity index (χ3v) is 1.16. The lowest BCUT2D eigenvalue weighted by molar-refractivity contribution is -0.116. The maximum atomic E-state index is 10.3. The molecule has 0 heterocycles. The lowest BCUT2D eigenvalue weighted by atomic mass is 10.3. The van der Waals surface area contributed by atoms with Crippen LogP contribution in [0.1, 0.15) is 13.3 Å². The van der Waals surface area contributed by atoms with Crippen LogP contribution in [0, 0.1) is 0 Å². The Labute approximate surface area is 81.2 Å². The van der Waals surface area contributed by atoms with Crippen LogP contribution in [0.3, 0.4) is 0 Å². The Kier molecular flexibility index (Phi) is 5.68. The molecule has 78 valence electrons. The normalized spacial score (nSPS) is 11.6. The summed E-state index contributed by atoms with van der Waals surface area (Å²) in [6.45, 7) is 1.72. The van der Waals surface area contributed by atoms with Gasteiger partial charge >= 0.3 is 6.03 Å². The molecule has 0 saturated carbocycles. The van der Waals surface area contributed by atoms with Crippen molar-refractivity contribution >= 4 is 23.9 Å². The molecule has 0 saturated heterocycles. The van der Waals surface area contributed by atoms with Gasteiger partial charge in [0.05, 0.1) is 5.71 Å². The molecule has 0 rings (SSSR count). The zero-order valence-electron chi connectivity index (χ0n) is 7.86. The van der Waals surface area contributed by atoms with Crippen LogP contribution < -0.4 is 16.9 Å². The van der Waals surface area contributed by atoms with Gasteiger partial charge in [-0.2, -0.15) is 5.10 Å². The van der Waals surface area contributed by atoms with E-state index in [0.29, 0.717) is 12.1 Å². The molecule has 0 unspecified atom stereocenters. The zero-order chi connectivity index (χ0) is 11.0. The van der Waals surface area contributed by atoms with E-state index in [1.807, 2.05) is 6.92 Å². The third kappa shape index (κ3) is 6.77. The monoisotopic (exact) mass is 199 g/mol. The second-order valence-electron chi connectivity index (χ2n) is 2.37. The third-order valence-electron chi connectivity index (χ3n) is 1.16. The minimum atomic E-state index is -0.751. The maximum Gasteiger partial charge on any atom is 0.332 e. The van der Waals surface area contributed by atoms with E-state index in [0.717, 1.165) is 0 Å². The van der Waals surface area contributed by atoms with E-state index in [1.165, 1.54) is 6.21 Å². The molecule has 7 heteroatoms. The van der Waals surface area contributed by atoms with E-state index >= 15 is 0 Å². The summed E-state index contributed by atoms with van der Waals surface area (Å²) in [5.74, 6) is -0.528. The van der Waals surface area contributed by atoms with E-state index in [-0.39, 0.29) is 6.54 Å². The van der Waals surface area contributed by atoms with E-state index in [4.69, 9.17) is 11.5 Å². The van der Waals surface area contributed by atoms with Gasteiger partial charge in [-0.25, -0.2) is 10.2 Å². The van der Waals surface area contributed by atoms with Crippen LogP contribution in [-0.2, 0) is 4.79 Å². The van der Waals surface area contributed by atoms with Crippen molar-refractivity contribution in [1.82, 2.24) is 5.43 Å². The molecule has 0 radical (unpaired) electrons. The number of carbonyl (C=O) groups is 2. The average Bonchev–Trinajstić information content (AvgIpc) is 2.10. The second-order valence-corrected chi connectivity index (χ2v) is 2.37. The molecule has 0 aliphatic carbocycles. The van der Waals surface area contributed by atoms with Gasteiger partial charge in [0.2, 0.25) is 5.91 Å². The zero-order valence-corrected chi connectivity index (χ0v) is 7.86. The Bertz CT molecular complexity index is 271. The van der Waals surface area contributed by atoms with Crippen LogP contribution in [0.2, 0.25) is 0 Å². The van der Waals surface area contributed by atoms with Crippen molar-refractivity contribution in [3.8, 4) is 0 Å². The predicted octanol–water partition coefficient (Wildman–Crippen LogP) is -1.02. The summed E-state index contributed by atoms with van der Waals surface area (Å²) < 4.78 is 0. The van der Waals surface area contributed by atoms with Gasteiger partial charge in [0, 0.05) is 6.21 Å². The van der Waals surface area contributed by atoms with Crippen LogP contribution in [0.25, 0.3) is 0 Å². The summed E-state index contributed by atoms with van der Waals surface area (Å²) in [5, 5.41) is 3.63. The summed E-state index contributed by atoms with van der Waals surface area (Å²) in [4.78, 5) is 24.3. The molecule has 14 heavy (non-hydrogen) atoms. The number of nitrogens with zero attached hydrogens (tertiary/aromatic N) is 2. The molecule has 0 aromatic carbocycles. The average molecular weight is 199 g/mol. The number of carbonyl (C=O) groups excluding carboxylic acids is 2. The van der Waals surface area contributed by atoms with Crippen LogP contribution in [0.4, 0.5) is 4.79 Å². The topological polar surface area (TPSA) is 123 Å². The molecule has 0 fully saturated rings. The Balaban J connectivity index is 4.13. The highest BCUT2D eigenvalue weighted by molar-refractivity contribution is 6.30. The van der Waals surface area contributed by atoms with Crippen molar-refractivity contribution in [3.63, 3.8) is 0 Å². The summed E-state index contributed by atoms with van der Waals surface area (Å²) in [5.41, 5.74) is 12.2. The van der Waals surface area contributed by atoms with Crippen molar-refractivity contribution in [3.05, 3.63) is 0 Å². The highest BCUT2D eigenvalue weighted by atomic mass is 16.2. The van der Waals surface area contributed by atoms with Crippen molar-refractivity contribution in [2.45, 2.75) is 13.3 Å². The number of nitrogens with one attached hydrogen (secondary N) is 1. The first kappa shape index (κ1) is 12.1. The van der Waals surface area contributed by atoms with E-state index in [2.05, 4.69) is 15.5 Å². The second kappa shape index (κ2) is 6.58. The van der Waals surface area contributed by atoms with Crippen molar-refractivity contribution in [2.24, 2.45) is 21.6 Å². The fraction of sp³-hybridized carbons (Fsp3) is 0.429. The summed E-state index contributed by atoms with van der Waals surface area (Å²) in [6.07, 6.45) is 1.92. The quantitative estimate of drug-likeness (QED) is 0.387. The molecular weight excluding hydrogens is 186 g/mol. The minimum Gasteiger partial charge on any atom is -0.368 e. The van der Waals surface area contributed by atoms with Crippen LogP contribution in [0.5, 0.6) is 0 Å². The fourth-order valence-electron chi connectivity index (χ4n) is 0.567. The fourth-order valence-corrected chi connectivity index (χ4v) is 0.567. The number of hydrogen-bond donors (Lipinski definition) is 3. The molecule has 0 aliphatic heterocycles. The summed E-state index contributed by atoms with van der Waals surface area (Å²) >= 11 is 0. The highest BCUT2D eigenvalue weighted by Gasteiger charge is 1.93. The van der Waals surface area contributed by atoms with Crippen molar-refractivity contribution < 1.29 is 9.59 Å². The SMILES string of the molecule is CC/C(C=NCC(N)=O)=N\NC(N)=O. The molecule has 0 atom stereocenters. The highest BCUT2D eigenvalue weighted by Crippen LogP contribution is 1.81. The molecule has 0 bridgehead atoms. The number of urea groups is 1. The van der Waals surface area contributed by atoms with Gasteiger partial charge in [0.25, 0.3) is 0 Å². The largest absolute Gasteiger partial charge is 0.368 e. The van der Waals surface area contributed by atoms with E-state index in [9.17, 15) is 9.59 Å². The number of hydrogen-bond acceptors (Lipinski definition) is 4. The van der Waals surface area contributed by atoms with Gasteiger partial charge < -0.3 is 11.5 Å². The van der Waals surface area contributed by atoms with Gasteiger partial charge in [-0.3, -0.25) is 9.79 Å². The van der Waals surface area contributed by atoms with Gasteiger partial charge in [-0.15, -0.1) is 0 Å². The standard InChI is InChI=1S/C7H13N5O2/c1-2-5(11-12-7(9)14)3-10-4-6(8)13/h3H,2,4H2,1H3,(H2,8,13)(H3,9,12,14)/b10-3?,11-5+. The number of primary amides is 2. The molecule has 3 amide bonds. The molecule has 5 N–H and O–H groups in total. The molecule has 7 nitrogen and oxygen atoms in total. The van der Waals surface area contributed by atoms with Crippen molar-refractivity contribution in [1.29, 1.82) is 0 Å². The Hall–Kier alpha value is -1.92. The van der Waals surface area contributed by atoms with Crippen LogP contribution in [0.15, 0.2) is 10.1 Å². The van der Waals surface area contributed by atoms with Gasteiger partial charge in [-0.05, 0) is 6.42 Å². The molecule has 0 aliphatic rings. The molecule has 0 aromatic heterocycles. The molecule has 0 spiro atoms. The van der Waals surface area contributed by atoms with Crippen LogP contribution >= 0.6 is 0 Å². The first-order chi connectivity index (χ1) is 6.56.